The second-order valence-electron chi connectivity index (χ2n) is 6.46. The number of benzene rings is 2. The molecule has 2 atom stereocenters. The van der Waals surface area contributed by atoms with Crippen molar-refractivity contribution < 1.29 is 19.4 Å². The maximum absolute atomic E-state index is 11.8. The first-order chi connectivity index (χ1) is 11.2. The monoisotopic (exact) mass is 312 g/mol. The van der Waals surface area contributed by atoms with Crippen molar-refractivity contribution in [1.82, 2.24) is 0 Å². The van der Waals surface area contributed by atoms with E-state index < -0.39 is 6.16 Å². The van der Waals surface area contributed by atoms with Crippen LogP contribution < -0.4 is 4.74 Å². The molecule has 2 bridgehead atoms. The fourth-order valence-electron chi connectivity index (χ4n) is 4.45. The van der Waals surface area contributed by atoms with E-state index in [0.717, 1.165) is 53.1 Å². The number of hydrogen-bond acceptors (Lipinski definition) is 4. The third-order valence-corrected chi connectivity index (χ3v) is 5.40. The van der Waals surface area contributed by atoms with Gasteiger partial charge in [0, 0.05) is 21.9 Å². The molecular weight excluding hydrogens is 292 g/mol. The second kappa shape index (κ2) is 5.15. The molecule has 1 N–H and O–H groups in total. The van der Waals surface area contributed by atoms with E-state index in [2.05, 4.69) is 6.92 Å². The van der Waals surface area contributed by atoms with Gasteiger partial charge < -0.3 is 14.6 Å². The van der Waals surface area contributed by atoms with E-state index in [1.807, 2.05) is 18.2 Å². The number of methoxy groups -OCH3 is 1. The number of carbonyl (C=O) groups excluding carboxylic acids is 1. The van der Waals surface area contributed by atoms with Crippen LogP contribution in [0.25, 0.3) is 10.8 Å². The number of hydrogen-bond donors (Lipinski definition) is 1. The summed E-state index contributed by atoms with van der Waals surface area (Å²) in [5.41, 5.74) is 3.08. The molecule has 4 heteroatoms. The Balaban J connectivity index is 2.08. The molecule has 0 heterocycles. The van der Waals surface area contributed by atoms with Gasteiger partial charge in [-0.2, -0.15) is 0 Å². The van der Waals surface area contributed by atoms with Gasteiger partial charge >= 0.3 is 6.16 Å². The number of ether oxygens (including phenoxy) is 2. The molecule has 0 amide bonds. The third kappa shape index (κ3) is 1.94. The average Bonchev–Trinajstić information content (AvgIpc) is 3.19. The highest BCUT2D eigenvalue weighted by Crippen LogP contribution is 2.61. The number of rotatable bonds is 2. The Labute approximate surface area is 135 Å². The molecule has 0 spiro atoms. The molecule has 2 aliphatic rings. The van der Waals surface area contributed by atoms with Crippen LogP contribution in [0.4, 0.5) is 4.79 Å². The summed E-state index contributed by atoms with van der Waals surface area (Å²) in [4.78, 5) is 11.8. The van der Waals surface area contributed by atoms with Crippen molar-refractivity contribution in [3.05, 3.63) is 34.9 Å². The van der Waals surface area contributed by atoms with Crippen molar-refractivity contribution in [2.24, 2.45) is 0 Å². The standard InChI is InChI=1S/C19H20O4/c1-3-10-5-4-6-13-14(10)18(23-19(21)22-2)16-12-8-7-11(9-12)15(16)17(13)20/h4-6,11-12,20H,3,7-9H2,1-2H3. The van der Waals surface area contributed by atoms with Crippen LogP contribution in [0.1, 0.15) is 54.7 Å². The number of phenols is 1. The minimum absolute atomic E-state index is 0.370. The quantitative estimate of drug-likeness (QED) is 0.649. The summed E-state index contributed by atoms with van der Waals surface area (Å²) >= 11 is 0. The van der Waals surface area contributed by atoms with Crippen LogP contribution in [-0.2, 0) is 11.2 Å². The molecule has 0 radical (unpaired) electrons. The number of aryl methyl sites for hydroxylation is 1. The minimum atomic E-state index is -0.701. The fraction of sp³-hybridized carbons (Fsp3) is 0.421. The predicted octanol–water partition coefficient (Wildman–Crippen LogP) is 4.62. The summed E-state index contributed by atoms with van der Waals surface area (Å²) in [6.07, 6.45) is 3.34. The Morgan fingerprint density at radius 3 is 2.70 bits per heavy atom. The lowest BCUT2D eigenvalue weighted by Crippen LogP contribution is -2.12. The maximum atomic E-state index is 11.8. The zero-order valence-electron chi connectivity index (χ0n) is 13.4. The lowest BCUT2D eigenvalue weighted by Gasteiger charge is -2.23. The molecule has 4 rings (SSSR count). The van der Waals surface area contributed by atoms with Gasteiger partial charge in [0.2, 0.25) is 0 Å². The van der Waals surface area contributed by atoms with Crippen LogP contribution in [0.2, 0.25) is 0 Å². The van der Waals surface area contributed by atoms with Gasteiger partial charge in [-0.05, 0) is 43.1 Å². The third-order valence-electron chi connectivity index (χ3n) is 5.40. The van der Waals surface area contributed by atoms with Gasteiger partial charge in [0.15, 0.2) is 0 Å². The van der Waals surface area contributed by atoms with E-state index in [1.54, 1.807) is 0 Å². The zero-order valence-corrected chi connectivity index (χ0v) is 13.4. The van der Waals surface area contributed by atoms with Crippen LogP contribution >= 0.6 is 0 Å². The summed E-state index contributed by atoms with van der Waals surface area (Å²) in [6, 6.07) is 5.87. The first-order valence-corrected chi connectivity index (χ1v) is 8.21. The normalized spacial score (nSPS) is 21.5. The molecule has 23 heavy (non-hydrogen) atoms. The average molecular weight is 312 g/mol. The van der Waals surface area contributed by atoms with Crippen molar-refractivity contribution in [1.29, 1.82) is 0 Å². The molecule has 1 fully saturated rings. The van der Waals surface area contributed by atoms with E-state index in [1.165, 1.54) is 7.11 Å². The fourth-order valence-corrected chi connectivity index (χ4v) is 4.45. The molecule has 0 aromatic heterocycles. The maximum Gasteiger partial charge on any atom is 0.513 e. The number of aromatic hydroxyl groups is 1. The molecular formula is C19H20O4. The summed E-state index contributed by atoms with van der Waals surface area (Å²) in [5, 5.41) is 12.5. The molecule has 120 valence electrons. The predicted molar refractivity (Wildman–Crippen MR) is 87.4 cm³/mol. The van der Waals surface area contributed by atoms with Crippen molar-refractivity contribution in [3.8, 4) is 11.5 Å². The molecule has 0 aliphatic heterocycles. The van der Waals surface area contributed by atoms with Crippen molar-refractivity contribution >= 4 is 16.9 Å². The van der Waals surface area contributed by atoms with Gasteiger partial charge in [-0.3, -0.25) is 0 Å². The minimum Gasteiger partial charge on any atom is -0.507 e. The summed E-state index contributed by atoms with van der Waals surface area (Å²) in [5.74, 6) is 1.72. The Hall–Kier alpha value is -2.23. The van der Waals surface area contributed by atoms with E-state index in [9.17, 15) is 9.90 Å². The van der Waals surface area contributed by atoms with Gasteiger partial charge in [-0.25, -0.2) is 4.79 Å². The van der Waals surface area contributed by atoms with E-state index >= 15 is 0 Å². The van der Waals surface area contributed by atoms with Crippen molar-refractivity contribution in [3.63, 3.8) is 0 Å². The van der Waals surface area contributed by atoms with Gasteiger partial charge in [0.05, 0.1) is 7.11 Å². The van der Waals surface area contributed by atoms with Crippen LogP contribution in [0.3, 0.4) is 0 Å². The lowest BCUT2D eigenvalue weighted by molar-refractivity contribution is 0.121. The number of carbonyl (C=O) groups is 1. The summed E-state index contributed by atoms with van der Waals surface area (Å²) < 4.78 is 10.3. The van der Waals surface area contributed by atoms with E-state index in [0.29, 0.717) is 23.3 Å². The van der Waals surface area contributed by atoms with Crippen LogP contribution in [-0.4, -0.2) is 18.4 Å². The van der Waals surface area contributed by atoms with Crippen LogP contribution in [0, 0.1) is 0 Å². The Kier molecular flexibility index (Phi) is 3.22. The highest BCUT2D eigenvalue weighted by molar-refractivity contribution is 6.00. The SMILES string of the molecule is CCc1cccc2c(O)c3c(c(OC(=O)OC)c12)C1CCC3C1. The largest absolute Gasteiger partial charge is 0.513 e. The van der Waals surface area contributed by atoms with E-state index in [4.69, 9.17) is 9.47 Å². The highest BCUT2D eigenvalue weighted by Gasteiger charge is 2.43. The molecule has 0 saturated heterocycles. The molecule has 2 unspecified atom stereocenters. The first kappa shape index (κ1) is 14.4. The van der Waals surface area contributed by atoms with Crippen molar-refractivity contribution in [2.45, 2.75) is 44.4 Å². The Bertz CT molecular complexity index is 809. The first-order valence-electron chi connectivity index (χ1n) is 8.21. The van der Waals surface area contributed by atoms with E-state index in [-0.39, 0.29) is 0 Å². The smallest absolute Gasteiger partial charge is 0.507 e. The van der Waals surface area contributed by atoms with Gasteiger partial charge in [-0.15, -0.1) is 0 Å². The summed E-state index contributed by atoms with van der Waals surface area (Å²) in [7, 11) is 1.32. The van der Waals surface area contributed by atoms with Crippen LogP contribution in [0.5, 0.6) is 11.5 Å². The van der Waals surface area contributed by atoms with Gasteiger partial charge in [0.25, 0.3) is 0 Å². The van der Waals surface area contributed by atoms with Crippen LogP contribution in [0.15, 0.2) is 18.2 Å². The van der Waals surface area contributed by atoms with Gasteiger partial charge in [0.1, 0.15) is 11.5 Å². The molecule has 2 aliphatic carbocycles. The summed E-state index contributed by atoms with van der Waals surface area (Å²) in [6.45, 7) is 2.06. The Morgan fingerprint density at radius 2 is 2.00 bits per heavy atom. The number of phenolic OH excluding ortho intramolecular Hbond substituents is 1. The molecule has 2 aromatic rings. The Morgan fingerprint density at radius 1 is 1.26 bits per heavy atom. The highest BCUT2D eigenvalue weighted by atomic mass is 16.7. The lowest BCUT2D eigenvalue weighted by atomic mass is 9.86. The molecule has 4 nitrogen and oxygen atoms in total. The van der Waals surface area contributed by atoms with Crippen molar-refractivity contribution in [2.75, 3.05) is 7.11 Å². The topological polar surface area (TPSA) is 55.8 Å². The molecule has 2 aromatic carbocycles. The van der Waals surface area contributed by atoms with Gasteiger partial charge in [-0.1, -0.05) is 25.1 Å². The second-order valence-corrected chi connectivity index (χ2v) is 6.46. The zero-order chi connectivity index (χ0) is 16.1. The number of fused-ring (bicyclic) bond motifs is 6. The molecule has 1 saturated carbocycles.